The van der Waals surface area contributed by atoms with Gasteiger partial charge in [-0.25, -0.2) is 0 Å². The Balaban J connectivity index is 0.000000172. The van der Waals surface area contributed by atoms with E-state index in [0.29, 0.717) is 30.5 Å². The Morgan fingerprint density at radius 2 is 1.34 bits per heavy atom. The Kier molecular flexibility index (Phi) is 10.6. The van der Waals surface area contributed by atoms with Crippen LogP contribution in [-0.2, 0) is 24.1 Å². The molecule has 2 aromatic heterocycles. The van der Waals surface area contributed by atoms with Crippen molar-refractivity contribution in [3.63, 3.8) is 0 Å². The molecule has 5 N–H and O–H groups in total. The number of aliphatic hydroxyl groups excluding tert-OH is 1. The van der Waals surface area contributed by atoms with Gasteiger partial charge in [-0.1, -0.05) is 27.7 Å². The lowest BCUT2D eigenvalue weighted by Crippen LogP contribution is -2.28. The van der Waals surface area contributed by atoms with Gasteiger partial charge in [-0.15, -0.1) is 0 Å². The van der Waals surface area contributed by atoms with Crippen LogP contribution in [0.15, 0.2) is 75.4 Å². The second-order valence-electron chi connectivity index (χ2n) is 15.6. The van der Waals surface area contributed by atoms with Gasteiger partial charge < -0.3 is 34.8 Å². The van der Waals surface area contributed by atoms with Gasteiger partial charge in [0.25, 0.3) is 0 Å². The molecule has 0 bridgehead atoms. The summed E-state index contributed by atoms with van der Waals surface area (Å²) in [4.78, 5) is 29.6. The quantitative estimate of drug-likeness (QED) is 0.0996. The maximum atomic E-state index is 13.1. The minimum absolute atomic E-state index is 0.0784. The van der Waals surface area contributed by atoms with E-state index < -0.39 is 0 Å². The number of phenols is 2. The third kappa shape index (κ3) is 6.97. The van der Waals surface area contributed by atoms with Crippen LogP contribution >= 0.6 is 0 Å². The van der Waals surface area contributed by atoms with E-state index in [1.807, 2.05) is 65.8 Å². The largest absolute Gasteiger partial charge is 0.508 e. The van der Waals surface area contributed by atoms with E-state index in [9.17, 15) is 20.1 Å². The number of nitrogens with zero attached hydrogens (tertiary/aromatic N) is 2. The number of phenolic OH excluding ortho intramolecular Hbond substituents is 2. The van der Waals surface area contributed by atoms with Gasteiger partial charge in [-0.2, -0.15) is 0 Å². The summed E-state index contributed by atoms with van der Waals surface area (Å²) < 4.78 is 10.7. The molecule has 56 heavy (non-hydrogen) atoms. The maximum absolute atomic E-state index is 13.1. The molecule has 0 radical (unpaired) electrons. The molecule has 0 amide bonds. The fraction of sp³-hybridized carbons (Fsp3) is 0.370. The number of methoxy groups -OCH3 is 2. The van der Waals surface area contributed by atoms with Crippen molar-refractivity contribution in [1.29, 1.82) is 0 Å². The highest BCUT2D eigenvalue weighted by Gasteiger charge is 2.34. The van der Waals surface area contributed by atoms with Crippen molar-refractivity contribution in [1.82, 2.24) is 9.97 Å². The van der Waals surface area contributed by atoms with E-state index in [1.165, 1.54) is 21.9 Å². The molecule has 2 aliphatic heterocycles. The third-order valence-corrected chi connectivity index (χ3v) is 11.6. The molecule has 4 heterocycles. The second-order valence-corrected chi connectivity index (χ2v) is 15.6. The van der Waals surface area contributed by atoms with Crippen LogP contribution < -0.4 is 9.47 Å². The van der Waals surface area contributed by atoms with Crippen molar-refractivity contribution in [3.8, 4) is 23.0 Å². The number of aromatic hydroxyl groups is 2. The average Bonchev–Trinajstić information content (AvgIpc) is 3.76. The number of carbonyl (C=O) groups excluding carboxylic acids is 1. The molecule has 8 rings (SSSR count). The summed E-state index contributed by atoms with van der Waals surface area (Å²) in [7, 11) is 3.32. The van der Waals surface area contributed by atoms with Crippen molar-refractivity contribution in [3.05, 3.63) is 105 Å². The first-order valence-electron chi connectivity index (χ1n) is 19.5. The Bertz CT molecular complexity index is 2490. The number of ether oxygens (including phenoxy) is 2. The van der Waals surface area contributed by atoms with E-state index in [2.05, 4.69) is 22.1 Å². The number of rotatable bonds is 8. The minimum Gasteiger partial charge on any atom is -0.508 e. The molecular weight excluding hydrogens is 705 g/mol. The Labute approximate surface area is 327 Å². The first kappa shape index (κ1) is 38.5. The average molecular weight is 757 g/mol. The monoisotopic (exact) mass is 756 g/mol. The lowest BCUT2D eigenvalue weighted by molar-refractivity contribution is -0.118. The standard InChI is InChI=1S/2C23H26N2O3/c2*1-12(2)17-11-21(26)13(3)18(23(17)27)10-20-22-16(7-8-24-20)15-6-5-14(28-4)9-19(15)25-22/h5-6,9,11-12,25-27H,7-8,10H2,1-4H3;5-6,9,11-12,18,25-26H,7-8,10H2,1-4H3. The van der Waals surface area contributed by atoms with E-state index in [-0.39, 0.29) is 40.8 Å². The van der Waals surface area contributed by atoms with Crippen LogP contribution in [0.3, 0.4) is 0 Å². The van der Waals surface area contributed by atoms with E-state index in [1.54, 1.807) is 26.4 Å². The number of ketones is 1. The molecule has 0 spiro atoms. The van der Waals surface area contributed by atoms with Crippen molar-refractivity contribution in [2.75, 3.05) is 27.3 Å². The number of fused-ring (bicyclic) bond motifs is 6. The molecular formula is C46H52N4O6. The number of Topliss-reactive ketones (excluding diaryl/α,β-unsaturated/α-hetero) is 1. The number of aliphatic imine (C=N–C) groups is 2. The molecule has 0 fully saturated rings. The summed E-state index contributed by atoms with van der Waals surface area (Å²) in [6.45, 7) is 13.1. The minimum atomic E-state index is -0.368. The molecule has 292 valence electrons. The maximum Gasteiger partial charge on any atom is 0.166 e. The van der Waals surface area contributed by atoms with Crippen LogP contribution in [0.4, 0.5) is 0 Å². The zero-order valence-electron chi connectivity index (χ0n) is 33.6. The Hall–Kier alpha value is -5.77. The number of hydrogen-bond donors (Lipinski definition) is 5. The predicted molar refractivity (Wildman–Crippen MR) is 224 cm³/mol. The SMILES string of the molecule is COc1ccc2c3c([nH]c2c1)C(CC1C(=O)C(C(C)C)=CC(O)=C1C)=NCC3.COc1ccc2c3c([nH]c2c1)C(Cc1c(C)c(O)cc(C(C)C)c1O)=NCC3. The highest BCUT2D eigenvalue weighted by Crippen LogP contribution is 2.39. The summed E-state index contributed by atoms with van der Waals surface area (Å²) in [5.74, 6) is 2.24. The van der Waals surface area contributed by atoms with Crippen molar-refractivity contribution in [2.45, 2.75) is 73.1 Å². The third-order valence-electron chi connectivity index (χ3n) is 11.6. The van der Waals surface area contributed by atoms with Gasteiger partial charge in [0, 0.05) is 76.6 Å². The number of aromatic nitrogens is 2. The molecule has 1 aliphatic carbocycles. The Morgan fingerprint density at radius 1 is 0.786 bits per heavy atom. The zero-order chi connectivity index (χ0) is 40.0. The molecule has 3 aromatic carbocycles. The summed E-state index contributed by atoms with van der Waals surface area (Å²) in [5.41, 5.74) is 12.0. The van der Waals surface area contributed by atoms with Crippen LogP contribution in [0.25, 0.3) is 21.8 Å². The van der Waals surface area contributed by atoms with E-state index in [0.717, 1.165) is 81.4 Å². The normalized spacial score (nSPS) is 16.7. The van der Waals surface area contributed by atoms with Gasteiger partial charge in [0.1, 0.15) is 28.8 Å². The lowest BCUT2D eigenvalue weighted by atomic mass is 9.78. The van der Waals surface area contributed by atoms with Crippen molar-refractivity contribution >= 4 is 39.0 Å². The second kappa shape index (κ2) is 15.4. The van der Waals surface area contributed by atoms with Gasteiger partial charge in [0.15, 0.2) is 5.78 Å². The molecule has 1 unspecified atom stereocenters. The van der Waals surface area contributed by atoms with Gasteiger partial charge in [0.2, 0.25) is 0 Å². The van der Waals surface area contributed by atoms with E-state index in [4.69, 9.17) is 19.5 Å². The molecule has 10 nitrogen and oxygen atoms in total. The fourth-order valence-electron chi connectivity index (χ4n) is 8.26. The number of benzene rings is 3. The summed E-state index contributed by atoms with van der Waals surface area (Å²) in [6, 6.07) is 13.8. The lowest BCUT2D eigenvalue weighted by Gasteiger charge is -2.26. The molecule has 0 saturated carbocycles. The number of H-pyrrole nitrogens is 2. The number of carbonyl (C=O) groups is 1. The predicted octanol–water partition coefficient (Wildman–Crippen LogP) is 9.13. The van der Waals surface area contributed by atoms with Crippen molar-refractivity contribution < 1.29 is 29.6 Å². The first-order valence-corrected chi connectivity index (χ1v) is 19.5. The molecule has 5 aromatic rings. The fourth-order valence-corrected chi connectivity index (χ4v) is 8.26. The molecule has 1 atom stereocenters. The molecule has 3 aliphatic rings. The van der Waals surface area contributed by atoms with Gasteiger partial charge >= 0.3 is 0 Å². The highest BCUT2D eigenvalue weighted by atomic mass is 16.5. The number of hydrogen-bond acceptors (Lipinski definition) is 8. The molecule has 0 saturated heterocycles. The van der Waals surface area contributed by atoms with Gasteiger partial charge in [-0.3, -0.25) is 14.8 Å². The van der Waals surface area contributed by atoms with E-state index >= 15 is 0 Å². The number of nitrogens with one attached hydrogen (secondary N) is 2. The number of aliphatic hydroxyl groups is 1. The van der Waals surface area contributed by atoms with Crippen LogP contribution in [0, 0.1) is 18.8 Å². The van der Waals surface area contributed by atoms with Crippen LogP contribution in [-0.4, -0.2) is 69.8 Å². The van der Waals surface area contributed by atoms with Crippen LogP contribution in [0.1, 0.15) is 86.2 Å². The van der Waals surface area contributed by atoms with Crippen LogP contribution in [0.5, 0.6) is 23.0 Å². The van der Waals surface area contributed by atoms with Gasteiger partial charge in [-0.05, 0) is 97.2 Å². The summed E-state index contributed by atoms with van der Waals surface area (Å²) >= 11 is 0. The topological polar surface area (TPSA) is 153 Å². The van der Waals surface area contributed by atoms with Gasteiger partial charge in [0.05, 0.1) is 42.9 Å². The number of aromatic amines is 2. The molecule has 10 heteroatoms. The first-order chi connectivity index (χ1) is 26.8. The highest BCUT2D eigenvalue weighted by molar-refractivity contribution is 6.10. The smallest absolute Gasteiger partial charge is 0.166 e. The van der Waals surface area contributed by atoms with Crippen LogP contribution in [0.2, 0.25) is 0 Å². The zero-order valence-corrected chi connectivity index (χ0v) is 33.6. The number of allylic oxidation sites excluding steroid dienone is 3. The Morgan fingerprint density at radius 3 is 1.88 bits per heavy atom. The van der Waals surface area contributed by atoms with Crippen molar-refractivity contribution in [2.24, 2.45) is 21.8 Å². The summed E-state index contributed by atoms with van der Waals surface area (Å²) in [6.07, 6.45) is 4.36. The summed E-state index contributed by atoms with van der Waals surface area (Å²) in [5, 5.41) is 34.0.